The average molecular weight is 577 g/mol. The Morgan fingerprint density at radius 2 is 1.71 bits per heavy atom. The fourth-order valence-corrected chi connectivity index (χ4v) is 6.67. The lowest BCUT2D eigenvalue weighted by molar-refractivity contribution is -0.134. The fourth-order valence-electron chi connectivity index (χ4n) is 6.67. The van der Waals surface area contributed by atoms with E-state index in [1.165, 1.54) is 12.1 Å². The molecule has 10 heteroatoms. The monoisotopic (exact) mass is 576 g/mol. The molecule has 1 aliphatic carbocycles. The normalized spacial score (nSPS) is 24.4. The first-order valence-corrected chi connectivity index (χ1v) is 14.7. The number of aliphatic imine (C=N–C) groups is 2. The van der Waals surface area contributed by atoms with Crippen LogP contribution in [0.25, 0.3) is 0 Å². The molecule has 1 N–H and O–H groups in total. The zero-order chi connectivity index (χ0) is 30.0. The van der Waals surface area contributed by atoms with Gasteiger partial charge in [0.25, 0.3) is 11.8 Å². The Labute approximate surface area is 245 Å². The lowest BCUT2D eigenvalue weighted by atomic mass is 9.75. The Bertz CT molecular complexity index is 1400. The van der Waals surface area contributed by atoms with Crippen molar-refractivity contribution in [3.8, 4) is 0 Å². The molecule has 5 rings (SSSR count). The molecule has 2 aliphatic heterocycles. The van der Waals surface area contributed by atoms with Crippen molar-refractivity contribution < 1.29 is 18.4 Å². The smallest absolute Gasteiger partial charge is 0.275 e. The van der Waals surface area contributed by atoms with E-state index in [1.807, 2.05) is 17.0 Å². The molecule has 3 aliphatic rings. The standard InChI is InChI=1S/C32H38F2N6O2/c1-19(2)5-10-27(22-6-8-23(9-7-22)30(41)35-17-28-36-18-37-39-28)40-31(42)29(24-12-25(33)14-26(34)13-24)38-32(40)15-20(3)11-21(4)16-32/h6-9,12-14,19-21,27H,5,10-11,15-18H2,1-4H3,(H,35,41)/t20?,21?,27-,32?/m1/s1. The van der Waals surface area contributed by atoms with Gasteiger partial charge in [-0.2, -0.15) is 5.11 Å². The molecule has 2 heterocycles. The summed E-state index contributed by atoms with van der Waals surface area (Å²) in [6.07, 6.45) is 3.91. The molecule has 2 aromatic rings. The third-order valence-corrected chi connectivity index (χ3v) is 8.28. The molecule has 0 bridgehead atoms. The summed E-state index contributed by atoms with van der Waals surface area (Å²) in [6.45, 7) is 9.11. The molecule has 1 fully saturated rings. The van der Waals surface area contributed by atoms with Crippen LogP contribution >= 0.6 is 0 Å². The first-order valence-electron chi connectivity index (χ1n) is 14.7. The zero-order valence-corrected chi connectivity index (χ0v) is 24.6. The molecule has 222 valence electrons. The Kier molecular flexibility index (Phi) is 8.61. The summed E-state index contributed by atoms with van der Waals surface area (Å²) < 4.78 is 28.5. The minimum Gasteiger partial charge on any atom is -0.345 e. The number of rotatable bonds is 9. The van der Waals surface area contributed by atoms with E-state index in [0.717, 1.165) is 24.5 Å². The Morgan fingerprint density at radius 1 is 1.05 bits per heavy atom. The summed E-state index contributed by atoms with van der Waals surface area (Å²) in [7, 11) is 0. The number of carbonyl (C=O) groups is 2. The number of amidine groups is 1. The van der Waals surface area contributed by atoms with Gasteiger partial charge in [0.15, 0.2) is 12.5 Å². The first kappa shape index (κ1) is 29.7. The molecule has 0 radical (unpaired) electrons. The Morgan fingerprint density at radius 3 is 2.31 bits per heavy atom. The van der Waals surface area contributed by atoms with Gasteiger partial charge in [-0.1, -0.05) is 39.8 Å². The van der Waals surface area contributed by atoms with Crippen LogP contribution in [-0.4, -0.2) is 47.1 Å². The second-order valence-corrected chi connectivity index (χ2v) is 12.4. The van der Waals surface area contributed by atoms with Crippen molar-refractivity contribution in [1.29, 1.82) is 0 Å². The quantitative estimate of drug-likeness (QED) is 0.370. The summed E-state index contributed by atoms with van der Waals surface area (Å²) in [5, 5.41) is 10.5. The van der Waals surface area contributed by atoms with Gasteiger partial charge >= 0.3 is 0 Å². The van der Waals surface area contributed by atoms with Crippen LogP contribution in [0.5, 0.6) is 0 Å². The summed E-state index contributed by atoms with van der Waals surface area (Å²) in [5.41, 5.74) is 0.812. The largest absolute Gasteiger partial charge is 0.345 e. The number of hydrogen-bond acceptors (Lipinski definition) is 6. The van der Waals surface area contributed by atoms with E-state index in [-0.39, 0.29) is 42.3 Å². The molecule has 42 heavy (non-hydrogen) atoms. The van der Waals surface area contributed by atoms with E-state index in [9.17, 15) is 18.4 Å². The number of benzene rings is 2. The van der Waals surface area contributed by atoms with Crippen LogP contribution in [0.3, 0.4) is 0 Å². The highest BCUT2D eigenvalue weighted by Crippen LogP contribution is 2.48. The number of azo groups is 1. The number of amides is 2. The van der Waals surface area contributed by atoms with Gasteiger partial charge in [-0.25, -0.2) is 13.8 Å². The number of carbonyl (C=O) groups excluding carboxylic acids is 2. The topological polar surface area (TPSA) is 98.9 Å². The second-order valence-electron chi connectivity index (χ2n) is 12.4. The molecular formula is C32H38F2N6O2. The van der Waals surface area contributed by atoms with E-state index in [1.54, 1.807) is 12.1 Å². The predicted octanol–water partition coefficient (Wildman–Crippen LogP) is 6.48. The molecule has 1 spiro atoms. The lowest BCUT2D eigenvalue weighted by Gasteiger charge is -2.47. The minimum absolute atomic E-state index is 0.104. The maximum absolute atomic E-state index is 14.3. The number of nitrogens with one attached hydrogen (secondary N) is 1. The zero-order valence-electron chi connectivity index (χ0n) is 24.6. The van der Waals surface area contributed by atoms with Gasteiger partial charge in [-0.15, -0.1) is 5.11 Å². The Balaban J connectivity index is 1.50. The van der Waals surface area contributed by atoms with Gasteiger partial charge in [0.1, 0.15) is 23.0 Å². The summed E-state index contributed by atoms with van der Waals surface area (Å²) in [5.74, 6) is -0.552. The molecule has 0 saturated heterocycles. The summed E-state index contributed by atoms with van der Waals surface area (Å²) >= 11 is 0. The van der Waals surface area contributed by atoms with Crippen molar-refractivity contribution in [2.45, 2.75) is 71.5 Å². The van der Waals surface area contributed by atoms with Crippen LogP contribution < -0.4 is 5.32 Å². The van der Waals surface area contributed by atoms with Crippen molar-refractivity contribution in [1.82, 2.24) is 10.2 Å². The lowest BCUT2D eigenvalue weighted by Crippen LogP contribution is -2.52. The fraction of sp³-hybridized carbons (Fsp3) is 0.500. The number of hydrogen-bond donors (Lipinski definition) is 1. The molecule has 8 nitrogen and oxygen atoms in total. The van der Waals surface area contributed by atoms with Crippen LogP contribution in [0.15, 0.2) is 62.7 Å². The van der Waals surface area contributed by atoms with Crippen LogP contribution in [0.4, 0.5) is 8.78 Å². The van der Waals surface area contributed by atoms with E-state index in [0.29, 0.717) is 48.4 Å². The maximum Gasteiger partial charge on any atom is 0.275 e. The molecule has 2 unspecified atom stereocenters. The maximum atomic E-state index is 14.3. The molecule has 3 atom stereocenters. The van der Waals surface area contributed by atoms with Crippen LogP contribution in [0.1, 0.15) is 87.3 Å². The average Bonchev–Trinajstić information content (AvgIpc) is 3.53. The van der Waals surface area contributed by atoms with Crippen LogP contribution in [0, 0.1) is 29.4 Å². The summed E-state index contributed by atoms with van der Waals surface area (Å²) in [6, 6.07) is 10.1. The van der Waals surface area contributed by atoms with Crippen LogP contribution in [-0.2, 0) is 4.79 Å². The SMILES string of the molecule is CC(C)CC[C@H](c1ccc(C(=O)NCC2=NCN=N2)cc1)N1C(=O)C(c2cc(F)cc(F)c2)=NC12CC(C)CC(C)C2. The number of nitrogens with zero attached hydrogens (tertiary/aromatic N) is 5. The van der Waals surface area contributed by atoms with Gasteiger partial charge in [0.05, 0.1) is 12.6 Å². The molecule has 0 aromatic heterocycles. The number of halogens is 2. The van der Waals surface area contributed by atoms with Gasteiger partial charge < -0.3 is 10.2 Å². The van der Waals surface area contributed by atoms with E-state index < -0.39 is 17.3 Å². The highest BCUT2D eigenvalue weighted by atomic mass is 19.1. The van der Waals surface area contributed by atoms with E-state index in [2.05, 4.69) is 48.2 Å². The van der Waals surface area contributed by atoms with Crippen molar-refractivity contribution >= 4 is 23.4 Å². The third kappa shape index (κ3) is 6.32. The summed E-state index contributed by atoms with van der Waals surface area (Å²) in [4.78, 5) is 38.1. The van der Waals surface area contributed by atoms with Gasteiger partial charge in [0.2, 0.25) is 0 Å². The van der Waals surface area contributed by atoms with Crippen molar-refractivity contribution in [2.24, 2.45) is 38.0 Å². The van der Waals surface area contributed by atoms with Crippen molar-refractivity contribution in [3.05, 3.63) is 70.8 Å². The van der Waals surface area contributed by atoms with Crippen molar-refractivity contribution in [2.75, 3.05) is 13.2 Å². The van der Waals surface area contributed by atoms with E-state index >= 15 is 0 Å². The third-order valence-electron chi connectivity index (χ3n) is 8.28. The highest BCUT2D eigenvalue weighted by molar-refractivity contribution is 6.46. The van der Waals surface area contributed by atoms with Gasteiger partial charge in [-0.05, 0) is 79.7 Å². The van der Waals surface area contributed by atoms with Gasteiger partial charge in [0, 0.05) is 17.2 Å². The molecule has 2 aromatic carbocycles. The van der Waals surface area contributed by atoms with Crippen LogP contribution in [0.2, 0.25) is 0 Å². The van der Waals surface area contributed by atoms with Crippen molar-refractivity contribution in [3.63, 3.8) is 0 Å². The Hall–Kier alpha value is -3.82. The molecular weight excluding hydrogens is 538 g/mol. The molecule has 1 saturated carbocycles. The second kappa shape index (κ2) is 12.2. The van der Waals surface area contributed by atoms with E-state index in [4.69, 9.17) is 4.99 Å². The predicted molar refractivity (Wildman–Crippen MR) is 157 cm³/mol. The highest BCUT2D eigenvalue weighted by Gasteiger charge is 2.53. The first-order chi connectivity index (χ1) is 20.0. The minimum atomic E-state index is -0.819. The van der Waals surface area contributed by atoms with Gasteiger partial charge in [-0.3, -0.25) is 14.6 Å². The molecule has 2 amide bonds.